The second kappa shape index (κ2) is 3.26. The van der Waals surface area contributed by atoms with E-state index in [1.807, 2.05) is 0 Å². The molecule has 0 saturated heterocycles. The van der Waals surface area contributed by atoms with Crippen LogP contribution in [0.4, 0.5) is 13.2 Å². The van der Waals surface area contributed by atoms with Crippen LogP contribution >= 0.6 is 0 Å². The van der Waals surface area contributed by atoms with Gasteiger partial charge in [-0.15, -0.1) is 6.58 Å². The molecule has 0 amide bonds. The molecule has 5 heteroatoms. The molecule has 1 atom stereocenters. The molecule has 0 fully saturated rings. The maximum atomic E-state index is 12.3. The van der Waals surface area contributed by atoms with Gasteiger partial charge in [0.05, 0.1) is 11.6 Å². The van der Waals surface area contributed by atoms with E-state index in [0.717, 1.165) is 6.07 Å². The number of hydrogen-bond donors (Lipinski definition) is 2. The fraction of sp³-hybridized carbons (Fsp3) is 0.250. The molecule has 13 heavy (non-hydrogen) atoms. The van der Waals surface area contributed by atoms with Crippen molar-refractivity contribution < 1.29 is 13.2 Å². The van der Waals surface area contributed by atoms with Crippen LogP contribution in [0.15, 0.2) is 24.9 Å². The Balaban J connectivity index is 3.10. The molecule has 0 aliphatic heterocycles. The summed E-state index contributed by atoms with van der Waals surface area (Å²) in [5, 5.41) is 0. The summed E-state index contributed by atoms with van der Waals surface area (Å²) in [6.07, 6.45) is -1.90. The number of nitrogens with two attached hydrogens (primary N) is 1. The summed E-state index contributed by atoms with van der Waals surface area (Å²) in [7, 11) is 0. The summed E-state index contributed by atoms with van der Waals surface area (Å²) >= 11 is 0. The lowest BCUT2D eigenvalue weighted by Gasteiger charge is -2.10. The van der Waals surface area contributed by atoms with Gasteiger partial charge in [-0.05, 0) is 6.07 Å². The molecule has 0 bridgehead atoms. The second-order valence-electron chi connectivity index (χ2n) is 2.56. The third kappa shape index (κ3) is 1.92. The Hall–Kier alpha value is -1.23. The Morgan fingerprint density at radius 2 is 2.15 bits per heavy atom. The van der Waals surface area contributed by atoms with Gasteiger partial charge in [0, 0.05) is 11.9 Å². The van der Waals surface area contributed by atoms with Crippen molar-refractivity contribution in [2.75, 3.05) is 0 Å². The van der Waals surface area contributed by atoms with Crippen LogP contribution in [0.2, 0.25) is 0 Å². The van der Waals surface area contributed by atoms with Gasteiger partial charge in [0.25, 0.3) is 0 Å². The van der Waals surface area contributed by atoms with Crippen molar-refractivity contribution in [2.45, 2.75) is 12.2 Å². The number of halogens is 3. The van der Waals surface area contributed by atoms with Gasteiger partial charge in [-0.2, -0.15) is 13.2 Å². The first-order chi connectivity index (χ1) is 5.96. The molecule has 72 valence electrons. The summed E-state index contributed by atoms with van der Waals surface area (Å²) in [5.74, 6) is 0. The Morgan fingerprint density at radius 3 is 2.62 bits per heavy atom. The number of alkyl halides is 3. The lowest BCUT2D eigenvalue weighted by atomic mass is 10.1. The van der Waals surface area contributed by atoms with E-state index in [1.54, 1.807) is 0 Å². The van der Waals surface area contributed by atoms with Gasteiger partial charge >= 0.3 is 6.18 Å². The largest absolute Gasteiger partial charge is 0.418 e. The molecule has 0 aliphatic rings. The fourth-order valence-corrected chi connectivity index (χ4v) is 1.02. The number of aromatic nitrogens is 1. The highest BCUT2D eigenvalue weighted by atomic mass is 19.4. The minimum Gasteiger partial charge on any atom is -0.363 e. The molecule has 0 aromatic carbocycles. The zero-order valence-corrected chi connectivity index (χ0v) is 6.73. The van der Waals surface area contributed by atoms with E-state index in [-0.39, 0.29) is 5.69 Å². The SMILES string of the molecule is C=C[C@@H](N)c1[nH]ccc1C(F)(F)F. The number of nitrogens with one attached hydrogen (secondary N) is 1. The van der Waals surface area contributed by atoms with Crippen LogP contribution in [0.25, 0.3) is 0 Å². The van der Waals surface area contributed by atoms with Crippen molar-refractivity contribution in [2.24, 2.45) is 5.73 Å². The molecule has 1 heterocycles. The fourth-order valence-electron chi connectivity index (χ4n) is 1.02. The van der Waals surface area contributed by atoms with E-state index in [0.29, 0.717) is 0 Å². The van der Waals surface area contributed by atoms with E-state index in [2.05, 4.69) is 11.6 Å². The van der Waals surface area contributed by atoms with Crippen LogP contribution in [0, 0.1) is 0 Å². The van der Waals surface area contributed by atoms with Crippen LogP contribution in [0.1, 0.15) is 17.3 Å². The highest BCUT2D eigenvalue weighted by molar-refractivity contribution is 5.28. The maximum Gasteiger partial charge on any atom is 0.418 e. The molecule has 3 N–H and O–H groups in total. The molecular weight excluding hydrogens is 181 g/mol. The Kier molecular flexibility index (Phi) is 2.47. The number of H-pyrrole nitrogens is 1. The van der Waals surface area contributed by atoms with E-state index in [4.69, 9.17) is 5.73 Å². The lowest BCUT2D eigenvalue weighted by Crippen LogP contribution is -2.14. The van der Waals surface area contributed by atoms with Crippen LogP contribution in [-0.2, 0) is 6.18 Å². The first kappa shape index (κ1) is 9.85. The smallest absolute Gasteiger partial charge is 0.363 e. The summed E-state index contributed by atoms with van der Waals surface area (Å²) in [5.41, 5.74) is 4.60. The van der Waals surface area contributed by atoms with Crippen molar-refractivity contribution in [1.29, 1.82) is 0 Å². The van der Waals surface area contributed by atoms with E-state index < -0.39 is 17.8 Å². The molecular formula is C8H9F3N2. The lowest BCUT2D eigenvalue weighted by molar-refractivity contribution is -0.138. The van der Waals surface area contributed by atoms with Gasteiger partial charge in [-0.3, -0.25) is 0 Å². The highest BCUT2D eigenvalue weighted by Gasteiger charge is 2.34. The van der Waals surface area contributed by atoms with Gasteiger partial charge in [-0.1, -0.05) is 6.08 Å². The standard InChI is InChI=1S/C8H9F3N2/c1-2-6(12)7-5(3-4-13-7)8(9,10)11/h2-4,6,13H,1,12H2/t6-/m1/s1. The van der Waals surface area contributed by atoms with Gasteiger partial charge in [0.2, 0.25) is 0 Å². The van der Waals surface area contributed by atoms with Gasteiger partial charge in [0.15, 0.2) is 0 Å². The Labute approximate surface area is 73.2 Å². The average molecular weight is 190 g/mol. The van der Waals surface area contributed by atoms with Crippen LogP contribution < -0.4 is 5.73 Å². The minimum atomic E-state index is -4.37. The third-order valence-corrected chi connectivity index (χ3v) is 1.67. The molecule has 0 radical (unpaired) electrons. The zero-order valence-electron chi connectivity index (χ0n) is 6.73. The van der Waals surface area contributed by atoms with Crippen molar-refractivity contribution >= 4 is 0 Å². The quantitative estimate of drug-likeness (QED) is 0.690. The number of hydrogen-bond acceptors (Lipinski definition) is 1. The molecule has 0 spiro atoms. The summed E-state index contributed by atoms with van der Waals surface area (Å²) in [6, 6.07) is 0.144. The van der Waals surface area contributed by atoms with E-state index >= 15 is 0 Å². The van der Waals surface area contributed by atoms with Gasteiger partial charge < -0.3 is 10.7 Å². The molecule has 1 aromatic heterocycles. The molecule has 0 unspecified atom stereocenters. The molecule has 0 aliphatic carbocycles. The summed E-state index contributed by atoms with van der Waals surface area (Å²) in [4.78, 5) is 2.45. The number of rotatable bonds is 2. The second-order valence-corrected chi connectivity index (χ2v) is 2.56. The predicted molar refractivity (Wildman–Crippen MR) is 42.9 cm³/mol. The van der Waals surface area contributed by atoms with Crippen LogP contribution in [-0.4, -0.2) is 4.98 Å². The summed E-state index contributed by atoms with van der Waals surface area (Å²) in [6.45, 7) is 3.33. The minimum absolute atomic E-state index is 0.0532. The molecule has 2 nitrogen and oxygen atoms in total. The molecule has 0 saturated carbocycles. The monoisotopic (exact) mass is 190 g/mol. The normalized spacial score (nSPS) is 14.2. The van der Waals surface area contributed by atoms with E-state index in [1.165, 1.54) is 12.3 Å². The van der Waals surface area contributed by atoms with Gasteiger partial charge in [0.1, 0.15) is 0 Å². The first-order valence-corrected chi connectivity index (χ1v) is 3.59. The zero-order chi connectivity index (χ0) is 10.1. The van der Waals surface area contributed by atoms with E-state index in [9.17, 15) is 13.2 Å². The third-order valence-electron chi connectivity index (χ3n) is 1.67. The highest BCUT2D eigenvalue weighted by Crippen LogP contribution is 2.33. The molecule has 1 aromatic rings. The maximum absolute atomic E-state index is 12.3. The summed E-state index contributed by atoms with van der Waals surface area (Å²) < 4.78 is 36.8. The number of aromatic amines is 1. The van der Waals surface area contributed by atoms with Gasteiger partial charge in [-0.25, -0.2) is 0 Å². The van der Waals surface area contributed by atoms with Crippen molar-refractivity contribution in [1.82, 2.24) is 4.98 Å². The Bertz CT molecular complexity index is 301. The van der Waals surface area contributed by atoms with Crippen LogP contribution in [0.5, 0.6) is 0 Å². The molecule has 1 rings (SSSR count). The van der Waals surface area contributed by atoms with Crippen molar-refractivity contribution in [3.8, 4) is 0 Å². The topological polar surface area (TPSA) is 41.8 Å². The van der Waals surface area contributed by atoms with Crippen LogP contribution in [0.3, 0.4) is 0 Å². The first-order valence-electron chi connectivity index (χ1n) is 3.59. The Morgan fingerprint density at radius 1 is 1.54 bits per heavy atom. The predicted octanol–water partition coefficient (Wildman–Crippen LogP) is 2.22. The average Bonchev–Trinajstić information content (AvgIpc) is 2.49. The van der Waals surface area contributed by atoms with Crippen molar-refractivity contribution in [3.63, 3.8) is 0 Å². The van der Waals surface area contributed by atoms with Crippen molar-refractivity contribution in [3.05, 3.63) is 36.2 Å².